The monoisotopic (exact) mass is 384 g/mol. The van der Waals surface area contributed by atoms with Gasteiger partial charge in [0.05, 0.1) is 18.8 Å². The molecule has 0 atom stereocenters. The molecule has 1 fully saturated rings. The smallest absolute Gasteiger partial charge is 0.335 e. The molecule has 2 aromatic carbocycles. The van der Waals surface area contributed by atoms with Crippen LogP contribution in [-0.2, 0) is 9.53 Å². The van der Waals surface area contributed by atoms with Gasteiger partial charge in [0.1, 0.15) is 5.75 Å². The van der Waals surface area contributed by atoms with Crippen LogP contribution in [0.4, 0.5) is 5.69 Å². The number of hydrogen-bond donors (Lipinski definition) is 2. The van der Waals surface area contributed by atoms with Crippen molar-refractivity contribution < 1.29 is 29.0 Å². The Morgan fingerprint density at radius 3 is 2.43 bits per heavy atom. The van der Waals surface area contributed by atoms with Crippen molar-refractivity contribution in [3.63, 3.8) is 0 Å². The number of aromatic carboxylic acids is 1. The minimum absolute atomic E-state index is 0.0640. The van der Waals surface area contributed by atoms with E-state index in [1.807, 2.05) is 0 Å². The summed E-state index contributed by atoms with van der Waals surface area (Å²) in [5.41, 5.74) is 1.00. The van der Waals surface area contributed by atoms with Crippen molar-refractivity contribution in [2.24, 2.45) is 0 Å². The molecule has 1 saturated heterocycles. The van der Waals surface area contributed by atoms with Crippen LogP contribution in [0.25, 0.3) is 0 Å². The van der Waals surface area contributed by atoms with Gasteiger partial charge in [-0.15, -0.1) is 0 Å². The van der Waals surface area contributed by atoms with Crippen LogP contribution in [0.2, 0.25) is 0 Å². The molecule has 146 valence electrons. The van der Waals surface area contributed by atoms with Crippen LogP contribution in [0.5, 0.6) is 5.75 Å². The fourth-order valence-electron chi connectivity index (χ4n) is 2.72. The molecule has 2 N–H and O–H groups in total. The Balaban J connectivity index is 1.51. The molecule has 8 nitrogen and oxygen atoms in total. The molecule has 28 heavy (non-hydrogen) atoms. The number of ether oxygens (including phenoxy) is 2. The Morgan fingerprint density at radius 1 is 1.04 bits per heavy atom. The van der Waals surface area contributed by atoms with Gasteiger partial charge in [-0.2, -0.15) is 0 Å². The summed E-state index contributed by atoms with van der Waals surface area (Å²) in [6, 6.07) is 12.5. The van der Waals surface area contributed by atoms with Gasteiger partial charge in [-0.25, -0.2) is 4.79 Å². The highest BCUT2D eigenvalue weighted by molar-refractivity contribution is 5.95. The van der Waals surface area contributed by atoms with Gasteiger partial charge in [0.25, 0.3) is 11.8 Å². The Hall–Kier alpha value is -3.39. The number of hydrogen-bond acceptors (Lipinski definition) is 5. The number of carboxylic acid groups (broad SMARTS) is 1. The maximum absolute atomic E-state index is 12.4. The van der Waals surface area contributed by atoms with Gasteiger partial charge in [-0.1, -0.05) is 6.07 Å². The normalized spacial score (nSPS) is 13.6. The SMILES string of the molecule is O=C(COc1ccc(C(=O)N2CCOCC2)cc1)Nc1cccc(C(=O)O)c1. The summed E-state index contributed by atoms with van der Waals surface area (Å²) in [5, 5.41) is 11.5. The maximum atomic E-state index is 12.4. The van der Waals surface area contributed by atoms with Gasteiger partial charge in [-0.3, -0.25) is 9.59 Å². The van der Waals surface area contributed by atoms with Crippen molar-refractivity contribution >= 4 is 23.5 Å². The lowest BCUT2D eigenvalue weighted by atomic mass is 10.2. The lowest BCUT2D eigenvalue weighted by molar-refractivity contribution is -0.118. The van der Waals surface area contributed by atoms with Gasteiger partial charge in [0.15, 0.2) is 6.61 Å². The van der Waals surface area contributed by atoms with Crippen molar-refractivity contribution in [2.75, 3.05) is 38.2 Å². The van der Waals surface area contributed by atoms with E-state index in [4.69, 9.17) is 14.6 Å². The molecule has 2 aromatic rings. The zero-order valence-corrected chi connectivity index (χ0v) is 15.1. The van der Waals surface area contributed by atoms with Crippen LogP contribution < -0.4 is 10.1 Å². The highest BCUT2D eigenvalue weighted by atomic mass is 16.5. The molecular weight excluding hydrogens is 364 g/mol. The third-order valence-electron chi connectivity index (χ3n) is 4.16. The Kier molecular flexibility index (Phi) is 6.23. The molecule has 1 heterocycles. The average Bonchev–Trinajstić information content (AvgIpc) is 2.73. The summed E-state index contributed by atoms with van der Waals surface area (Å²) in [4.78, 5) is 37.1. The van der Waals surface area contributed by atoms with Gasteiger partial charge in [-0.05, 0) is 42.5 Å². The first-order valence-corrected chi connectivity index (χ1v) is 8.76. The largest absolute Gasteiger partial charge is 0.484 e. The van der Waals surface area contributed by atoms with Crippen LogP contribution in [0.15, 0.2) is 48.5 Å². The molecule has 0 spiro atoms. The number of carbonyl (C=O) groups excluding carboxylic acids is 2. The predicted octanol–water partition coefficient (Wildman–Crippen LogP) is 1.87. The molecule has 0 unspecified atom stereocenters. The van der Waals surface area contributed by atoms with Crippen molar-refractivity contribution in [1.29, 1.82) is 0 Å². The second-order valence-electron chi connectivity index (χ2n) is 6.15. The summed E-state index contributed by atoms with van der Waals surface area (Å²) < 4.78 is 10.7. The molecule has 0 bridgehead atoms. The Morgan fingerprint density at radius 2 is 1.75 bits per heavy atom. The highest BCUT2D eigenvalue weighted by Crippen LogP contribution is 2.15. The van der Waals surface area contributed by atoms with E-state index >= 15 is 0 Å². The van der Waals surface area contributed by atoms with Crippen molar-refractivity contribution in [3.05, 3.63) is 59.7 Å². The van der Waals surface area contributed by atoms with Crippen molar-refractivity contribution in [1.82, 2.24) is 4.90 Å². The van der Waals surface area contributed by atoms with Crippen LogP contribution in [0.3, 0.4) is 0 Å². The summed E-state index contributed by atoms with van der Waals surface area (Å²) in [7, 11) is 0. The molecular formula is C20H20N2O6. The maximum Gasteiger partial charge on any atom is 0.335 e. The lowest BCUT2D eigenvalue weighted by Crippen LogP contribution is -2.40. The molecule has 2 amide bonds. The second-order valence-corrected chi connectivity index (χ2v) is 6.15. The number of benzene rings is 2. The van der Waals surface area contributed by atoms with Gasteiger partial charge in [0, 0.05) is 24.3 Å². The van der Waals surface area contributed by atoms with Crippen LogP contribution in [0, 0.1) is 0 Å². The summed E-state index contributed by atoms with van der Waals surface area (Å²) >= 11 is 0. The van der Waals surface area contributed by atoms with E-state index < -0.39 is 11.9 Å². The molecule has 0 saturated carbocycles. The molecule has 1 aliphatic rings. The summed E-state index contributed by atoms with van der Waals surface area (Å²) in [6.45, 7) is 1.98. The van der Waals surface area contributed by atoms with E-state index in [9.17, 15) is 14.4 Å². The number of amides is 2. The van der Waals surface area contributed by atoms with E-state index in [0.29, 0.717) is 43.3 Å². The van der Waals surface area contributed by atoms with Crippen LogP contribution in [-0.4, -0.2) is 60.7 Å². The molecule has 3 rings (SSSR count). The van der Waals surface area contributed by atoms with Gasteiger partial charge in [0.2, 0.25) is 0 Å². The fraction of sp³-hybridized carbons (Fsp3) is 0.250. The van der Waals surface area contributed by atoms with E-state index in [0.717, 1.165) is 0 Å². The summed E-state index contributed by atoms with van der Waals surface area (Å²) in [6.07, 6.45) is 0. The first kappa shape index (κ1) is 19.4. The fourth-order valence-corrected chi connectivity index (χ4v) is 2.72. The minimum Gasteiger partial charge on any atom is -0.484 e. The molecule has 0 aromatic heterocycles. The average molecular weight is 384 g/mol. The predicted molar refractivity (Wildman–Crippen MR) is 101 cm³/mol. The number of nitrogens with one attached hydrogen (secondary N) is 1. The number of anilines is 1. The third kappa shape index (κ3) is 5.08. The third-order valence-corrected chi connectivity index (χ3v) is 4.16. The zero-order valence-electron chi connectivity index (χ0n) is 15.1. The Bertz CT molecular complexity index is 859. The second kappa shape index (κ2) is 9.01. The van der Waals surface area contributed by atoms with E-state index in [-0.39, 0.29) is 18.1 Å². The molecule has 0 aliphatic carbocycles. The van der Waals surface area contributed by atoms with E-state index in [1.165, 1.54) is 12.1 Å². The number of carbonyl (C=O) groups is 3. The summed E-state index contributed by atoms with van der Waals surface area (Å²) in [5.74, 6) is -1.10. The van der Waals surface area contributed by atoms with Crippen LogP contribution in [0.1, 0.15) is 20.7 Å². The number of nitrogens with zero attached hydrogens (tertiary/aromatic N) is 1. The topological polar surface area (TPSA) is 105 Å². The molecule has 8 heteroatoms. The highest BCUT2D eigenvalue weighted by Gasteiger charge is 2.18. The lowest BCUT2D eigenvalue weighted by Gasteiger charge is -2.26. The number of carboxylic acids is 1. The Labute approximate surface area is 161 Å². The van der Waals surface area contributed by atoms with Crippen molar-refractivity contribution in [3.8, 4) is 5.75 Å². The van der Waals surface area contributed by atoms with Crippen molar-refractivity contribution in [2.45, 2.75) is 0 Å². The van der Waals surface area contributed by atoms with Crippen LogP contribution >= 0.6 is 0 Å². The first-order chi connectivity index (χ1) is 13.5. The van der Waals surface area contributed by atoms with E-state index in [2.05, 4.69) is 5.32 Å². The minimum atomic E-state index is -1.07. The van der Waals surface area contributed by atoms with Gasteiger partial charge >= 0.3 is 5.97 Å². The zero-order chi connectivity index (χ0) is 19.9. The van der Waals surface area contributed by atoms with Gasteiger partial charge < -0.3 is 24.8 Å². The number of morpholine rings is 1. The van der Waals surface area contributed by atoms with E-state index in [1.54, 1.807) is 41.3 Å². The first-order valence-electron chi connectivity index (χ1n) is 8.76. The molecule has 0 radical (unpaired) electrons. The quantitative estimate of drug-likeness (QED) is 0.788. The standard InChI is InChI=1S/C20H20N2O6/c23-18(21-16-3-1-2-15(12-16)20(25)26)13-28-17-6-4-14(5-7-17)19(24)22-8-10-27-11-9-22/h1-7,12H,8-11,13H2,(H,21,23)(H,25,26). The molecule has 1 aliphatic heterocycles. The number of rotatable bonds is 6.